The Morgan fingerprint density at radius 3 is 2.43 bits per heavy atom. The standard InChI is InChI=1S/C18H29NO2/c1-20-14-17(21-2)13-19-18(15-9-5-3-6-10-15)16-11-7-4-8-12-16/h3,5-6,9-10,16-19H,4,7-8,11-14H2,1-2H3. The van der Waals surface area contributed by atoms with E-state index in [2.05, 4.69) is 35.6 Å². The number of rotatable bonds is 8. The lowest BCUT2D eigenvalue weighted by Crippen LogP contribution is -2.37. The third-order valence-corrected chi connectivity index (χ3v) is 4.53. The van der Waals surface area contributed by atoms with Gasteiger partial charge in [-0.15, -0.1) is 0 Å². The zero-order valence-electron chi connectivity index (χ0n) is 13.4. The molecule has 1 N–H and O–H groups in total. The van der Waals surface area contributed by atoms with Crippen LogP contribution in [-0.2, 0) is 9.47 Å². The van der Waals surface area contributed by atoms with Gasteiger partial charge in [0.15, 0.2) is 0 Å². The van der Waals surface area contributed by atoms with Gasteiger partial charge in [0.2, 0.25) is 0 Å². The van der Waals surface area contributed by atoms with Gasteiger partial charge in [-0.1, -0.05) is 49.6 Å². The van der Waals surface area contributed by atoms with E-state index in [1.807, 2.05) is 0 Å². The Labute approximate surface area is 129 Å². The Bertz CT molecular complexity index is 376. The number of hydrogen-bond acceptors (Lipinski definition) is 3. The molecule has 0 saturated heterocycles. The molecule has 3 nitrogen and oxygen atoms in total. The number of benzene rings is 1. The number of ether oxygens (including phenoxy) is 2. The Morgan fingerprint density at radius 1 is 1.10 bits per heavy atom. The molecule has 2 rings (SSSR count). The van der Waals surface area contributed by atoms with Crippen LogP contribution >= 0.6 is 0 Å². The third kappa shape index (κ3) is 5.10. The van der Waals surface area contributed by atoms with Crippen molar-refractivity contribution in [2.75, 3.05) is 27.4 Å². The Balaban J connectivity index is 2.01. The molecule has 2 unspecified atom stereocenters. The normalized spacial score (nSPS) is 19.3. The largest absolute Gasteiger partial charge is 0.382 e. The molecule has 2 atom stereocenters. The molecular weight excluding hydrogens is 262 g/mol. The average molecular weight is 291 g/mol. The molecule has 118 valence electrons. The van der Waals surface area contributed by atoms with Crippen LogP contribution in [0.2, 0.25) is 0 Å². The van der Waals surface area contributed by atoms with E-state index in [4.69, 9.17) is 9.47 Å². The highest BCUT2D eigenvalue weighted by molar-refractivity contribution is 5.20. The number of nitrogens with one attached hydrogen (secondary N) is 1. The minimum absolute atomic E-state index is 0.116. The van der Waals surface area contributed by atoms with Crippen molar-refractivity contribution in [3.8, 4) is 0 Å². The molecule has 3 heteroatoms. The summed E-state index contributed by atoms with van der Waals surface area (Å²) >= 11 is 0. The highest BCUT2D eigenvalue weighted by Gasteiger charge is 2.25. The van der Waals surface area contributed by atoms with Crippen LogP contribution in [0.4, 0.5) is 0 Å². The first-order valence-corrected chi connectivity index (χ1v) is 8.15. The van der Waals surface area contributed by atoms with E-state index in [0.29, 0.717) is 12.6 Å². The predicted octanol–water partition coefficient (Wildman–Crippen LogP) is 3.56. The van der Waals surface area contributed by atoms with Crippen molar-refractivity contribution in [2.24, 2.45) is 5.92 Å². The summed E-state index contributed by atoms with van der Waals surface area (Å²) in [5.74, 6) is 0.737. The lowest BCUT2D eigenvalue weighted by atomic mass is 9.81. The van der Waals surface area contributed by atoms with Crippen molar-refractivity contribution >= 4 is 0 Å². The summed E-state index contributed by atoms with van der Waals surface area (Å²) < 4.78 is 10.7. The van der Waals surface area contributed by atoms with Crippen molar-refractivity contribution in [3.63, 3.8) is 0 Å². The fourth-order valence-corrected chi connectivity index (χ4v) is 3.34. The molecule has 0 heterocycles. The summed E-state index contributed by atoms with van der Waals surface area (Å²) in [5, 5.41) is 3.74. The van der Waals surface area contributed by atoms with Crippen molar-refractivity contribution in [1.82, 2.24) is 5.32 Å². The SMILES string of the molecule is COCC(CNC(c1ccccc1)C1CCCCC1)OC. The first-order chi connectivity index (χ1) is 10.3. The highest BCUT2D eigenvalue weighted by Crippen LogP contribution is 2.34. The fraction of sp³-hybridized carbons (Fsp3) is 0.667. The molecule has 1 aromatic rings. The Kier molecular flexibility index (Phi) is 7.20. The second kappa shape index (κ2) is 9.19. The third-order valence-electron chi connectivity index (χ3n) is 4.53. The first-order valence-electron chi connectivity index (χ1n) is 8.15. The molecule has 1 aromatic carbocycles. The van der Waals surface area contributed by atoms with Gasteiger partial charge in [0.1, 0.15) is 0 Å². The Hall–Kier alpha value is -0.900. The summed E-state index contributed by atoms with van der Waals surface area (Å²) in [6.45, 7) is 1.47. The van der Waals surface area contributed by atoms with Crippen LogP contribution in [0.1, 0.15) is 43.7 Å². The van der Waals surface area contributed by atoms with Crippen LogP contribution in [-0.4, -0.2) is 33.5 Å². The zero-order valence-corrected chi connectivity index (χ0v) is 13.4. The van der Waals surface area contributed by atoms with E-state index >= 15 is 0 Å². The summed E-state index contributed by atoms with van der Waals surface area (Å²) in [7, 11) is 3.48. The van der Waals surface area contributed by atoms with E-state index in [-0.39, 0.29) is 6.10 Å². The fourth-order valence-electron chi connectivity index (χ4n) is 3.34. The minimum Gasteiger partial charge on any atom is -0.382 e. The van der Waals surface area contributed by atoms with Gasteiger partial charge in [0, 0.05) is 26.8 Å². The van der Waals surface area contributed by atoms with Crippen LogP contribution in [0.5, 0.6) is 0 Å². The molecule has 0 spiro atoms. The van der Waals surface area contributed by atoms with Gasteiger partial charge in [-0.25, -0.2) is 0 Å². The maximum Gasteiger partial charge on any atom is 0.0928 e. The molecule has 1 saturated carbocycles. The van der Waals surface area contributed by atoms with E-state index in [1.165, 1.54) is 37.7 Å². The van der Waals surface area contributed by atoms with E-state index in [0.717, 1.165) is 12.5 Å². The van der Waals surface area contributed by atoms with Gasteiger partial charge in [-0.3, -0.25) is 0 Å². The predicted molar refractivity (Wildman–Crippen MR) is 86.4 cm³/mol. The molecule has 1 fully saturated rings. The second-order valence-electron chi connectivity index (χ2n) is 6.01. The monoisotopic (exact) mass is 291 g/mol. The number of methoxy groups -OCH3 is 2. The van der Waals surface area contributed by atoms with Crippen LogP contribution in [0, 0.1) is 5.92 Å². The molecule has 1 aliphatic carbocycles. The van der Waals surface area contributed by atoms with Gasteiger partial charge < -0.3 is 14.8 Å². The molecule has 0 radical (unpaired) electrons. The van der Waals surface area contributed by atoms with Gasteiger partial charge in [0.25, 0.3) is 0 Å². The van der Waals surface area contributed by atoms with Crippen LogP contribution in [0.15, 0.2) is 30.3 Å². The summed E-state index contributed by atoms with van der Waals surface area (Å²) in [6, 6.07) is 11.3. The summed E-state index contributed by atoms with van der Waals surface area (Å²) in [4.78, 5) is 0. The molecular formula is C18H29NO2. The molecule has 0 aromatic heterocycles. The van der Waals surface area contributed by atoms with E-state index < -0.39 is 0 Å². The minimum atomic E-state index is 0.116. The van der Waals surface area contributed by atoms with Crippen LogP contribution in [0.3, 0.4) is 0 Å². The van der Waals surface area contributed by atoms with E-state index in [9.17, 15) is 0 Å². The quantitative estimate of drug-likeness (QED) is 0.794. The average Bonchev–Trinajstić information content (AvgIpc) is 2.56. The zero-order chi connectivity index (χ0) is 14.9. The van der Waals surface area contributed by atoms with Crippen molar-refractivity contribution in [2.45, 2.75) is 44.2 Å². The second-order valence-corrected chi connectivity index (χ2v) is 6.01. The van der Waals surface area contributed by atoms with Gasteiger partial charge >= 0.3 is 0 Å². The van der Waals surface area contributed by atoms with Crippen molar-refractivity contribution in [1.29, 1.82) is 0 Å². The molecule has 0 aliphatic heterocycles. The van der Waals surface area contributed by atoms with Crippen LogP contribution in [0.25, 0.3) is 0 Å². The topological polar surface area (TPSA) is 30.5 Å². The first kappa shape index (κ1) is 16.5. The van der Waals surface area contributed by atoms with Crippen LogP contribution < -0.4 is 5.32 Å². The van der Waals surface area contributed by atoms with Gasteiger partial charge in [0.05, 0.1) is 12.7 Å². The highest BCUT2D eigenvalue weighted by atomic mass is 16.5. The molecule has 0 bridgehead atoms. The van der Waals surface area contributed by atoms with E-state index in [1.54, 1.807) is 14.2 Å². The van der Waals surface area contributed by atoms with Gasteiger partial charge in [-0.05, 0) is 24.3 Å². The lowest BCUT2D eigenvalue weighted by molar-refractivity contribution is 0.0255. The lowest BCUT2D eigenvalue weighted by Gasteiger charge is -2.32. The molecule has 21 heavy (non-hydrogen) atoms. The maximum atomic E-state index is 5.48. The summed E-state index contributed by atoms with van der Waals surface area (Å²) in [5.41, 5.74) is 1.40. The number of hydrogen-bond donors (Lipinski definition) is 1. The summed E-state index contributed by atoms with van der Waals surface area (Å²) in [6.07, 6.45) is 6.89. The molecule has 1 aliphatic rings. The van der Waals surface area contributed by atoms with Crippen molar-refractivity contribution < 1.29 is 9.47 Å². The Morgan fingerprint density at radius 2 is 1.81 bits per heavy atom. The van der Waals surface area contributed by atoms with Crippen molar-refractivity contribution in [3.05, 3.63) is 35.9 Å². The smallest absolute Gasteiger partial charge is 0.0928 e. The maximum absolute atomic E-state index is 5.48. The van der Waals surface area contributed by atoms with Gasteiger partial charge in [-0.2, -0.15) is 0 Å². The molecule has 0 amide bonds.